The van der Waals surface area contributed by atoms with Crippen LogP contribution in [0.4, 0.5) is 0 Å². The molecule has 1 aromatic carbocycles. The van der Waals surface area contributed by atoms with Crippen molar-refractivity contribution < 1.29 is 14.6 Å². The molecule has 128 valence electrons. The topological polar surface area (TPSA) is 49.8 Å². The summed E-state index contributed by atoms with van der Waals surface area (Å²) in [5, 5.41) is 10.5. The average Bonchev–Trinajstić information content (AvgIpc) is 2.52. The molecular formula is C19H29NO3. The van der Waals surface area contributed by atoms with Crippen LogP contribution in [0.5, 0.6) is 0 Å². The molecule has 1 heterocycles. The molecule has 0 radical (unpaired) electrons. The average molecular weight is 319 g/mol. The van der Waals surface area contributed by atoms with E-state index in [0.717, 1.165) is 38.0 Å². The van der Waals surface area contributed by atoms with E-state index in [1.807, 2.05) is 51.1 Å². The van der Waals surface area contributed by atoms with Crippen LogP contribution < -0.4 is 0 Å². The number of esters is 1. The van der Waals surface area contributed by atoms with Crippen molar-refractivity contribution in [1.82, 2.24) is 4.90 Å². The Kier molecular flexibility index (Phi) is 6.19. The molecule has 0 amide bonds. The predicted octanol–water partition coefficient (Wildman–Crippen LogP) is 3.16. The van der Waals surface area contributed by atoms with E-state index in [4.69, 9.17) is 4.74 Å². The van der Waals surface area contributed by atoms with Crippen LogP contribution in [-0.4, -0.2) is 41.2 Å². The lowest BCUT2D eigenvalue weighted by molar-refractivity contribution is -0.155. The highest BCUT2D eigenvalue weighted by Crippen LogP contribution is 2.30. The molecule has 0 aromatic heterocycles. The fraction of sp³-hybridized carbons (Fsp3) is 0.632. The zero-order valence-corrected chi connectivity index (χ0v) is 14.5. The molecular weight excluding hydrogens is 290 g/mol. The van der Waals surface area contributed by atoms with Crippen LogP contribution in [0.3, 0.4) is 0 Å². The van der Waals surface area contributed by atoms with Gasteiger partial charge in [-0.25, -0.2) is 0 Å². The first-order valence-corrected chi connectivity index (χ1v) is 8.52. The molecule has 0 aliphatic carbocycles. The van der Waals surface area contributed by atoms with Crippen LogP contribution >= 0.6 is 0 Å². The van der Waals surface area contributed by atoms with E-state index in [9.17, 15) is 9.90 Å². The molecule has 1 saturated heterocycles. The molecule has 0 spiro atoms. The summed E-state index contributed by atoms with van der Waals surface area (Å²) in [5.74, 6) is 0.166. The quantitative estimate of drug-likeness (QED) is 0.847. The Morgan fingerprint density at radius 3 is 2.43 bits per heavy atom. The number of benzene rings is 1. The van der Waals surface area contributed by atoms with Gasteiger partial charge in [-0.2, -0.15) is 0 Å². The molecule has 1 N–H and O–H groups in total. The van der Waals surface area contributed by atoms with Crippen molar-refractivity contribution in [3.05, 3.63) is 35.9 Å². The summed E-state index contributed by atoms with van der Waals surface area (Å²) in [6.45, 7) is 8.27. The highest BCUT2D eigenvalue weighted by molar-refractivity contribution is 5.70. The summed E-state index contributed by atoms with van der Waals surface area (Å²) in [6.07, 6.45) is 1.97. The van der Waals surface area contributed by atoms with Gasteiger partial charge in [0.15, 0.2) is 0 Å². The number of carbonyl (C=O) groups excluding carboxylic acids is 1. The summed E-state index contributed by atoms with van der Waals surface area (Å²) in [5.41, 5.74) is 0.587. The number of ether oxygens (including phenoxy) is 1. The third-order valence-electron chi connectivity index (χ3n) is 4.27. The fourth-order valence-electron chi connectivity index (χ4n) is 3.06. The zero-order chi connectivity index (χ0) is 16.9. The monoisotopic (exact) mass is 319 g/mol. The maximum atomic E-state index is 11.8. The Morgan fingerprint density at radius 2 is 1.87 bits per heavy atom. The molecule has 4 nitrogen and oxygen atoms in total. The number of carbonyl (C=O) groups is 1. The third-order valence-corrected chi connectivity index (χ3v) is 4.27. The van der Waals surface area contributed by atoms with E-state index in [2.05, 4.69) is 4.90 Å². The second-order valence-electron chi connectivity index (χ2n) is 7.37. The molecule has 1 unspecified atom stereocenters. The minimum absolute atomic E-state index is 0.135. The SMILES string of the molecule is CC(C)(C)OC(=O)CCN1CCC(C(O)c2ccccc2)CC1. The Morgan fingerprint density at radius 1 is 1.26 bits per heavy atom. The number of hydrogen-bond acceptors (Lipinski definition) is 4. The third kappa shape index (κ3) is 5.96. The van der Waals surface area contributed by atoms with Crippen molar-refractivity contribution in [3.8, 4) is 0 Å². The molecule has 23 heavy (non-hydrogen) atoms. The van der Waals surface area contributed by atoms with Crippen LogP contribution in [0.2, 0.25) is 0 Å². The minimum Gasteiger partial charge on any atom is -0.460 e. The number of likely N-dealkylation sites (tertiary alicyclic amines) is 1. The zero-order valence-electron chi connectivity index (χ0n) is 14.5. The number of rotatable bonds is 5. The van der Waals surface area contributed by atoms with E-state index in [0.29, 0.717) is 12.3 Å². The van der Waals surface area contributed by atoms with E-state index >= 15 is 0 Å². The molecule has 2 rings (SSSR count). The first kappa shape index (κ1) is 18.0. The highest BCUT2D eigenvalue weighted by Gasteiger charge is 2.26. The van der Waals surface area contributed by atoms with Gasteiger partial charge in [-0.3, -0.25) is 4.79 Å². The number of hydrogen-bond donors (Lipinski definition) is 1. The van der Waals surface area contributed by atoms with Gasteiger partial charge < -0.3 is 14.7 Å². The van der Waals surface area contributed by atoms with Gasteiger partial charge in [-0.05, 0) is 58.2 Å². The molecule has 1 atom stereocenters. The molecule has 1 aliphatic heterocycles. The molecule has 1 fully saturated rings. The Balaban J connectivity index is 1.73. The van der Waals surface area contributed by atoms with Crippen molar-refractivity contribution in [1.29, 1.82) is 0 Å². The van der Waals surface area contributed by atoms with E-state index in [1.54, 1.807) is 0 Å². The Bertz CT molecular complexity index is 487. The first-order chi connectivity index (χ1) is 10.8. The summed E-state index contributed by atoms with van der Waals surface area (Å²) >= 11 is 0. The lowest BCUT2D eigenvalue weighted by Crippen LogP contribution is -2.37. The second-order valence-corrected chi connectivity index (χ2v) is 7.37. The standard InChI is InChI=1S/C19H29NO3/c1-19(2,3)23-17(21)11-14-20-12-9-16(10-13-20)18(22)15-7-5-4-6-8-15/h4-8,16,18,22H,9-14H2,1-3H3. The van der Waals surface area contributed by atoms with Crippen LogP contribution in [0.25, 0.3) is 0 Å². The van der Waals surface area contributed by atoms with Crippen molar-refractivity contribution >= 4 is 5.97 Å². The lowest BCUT2D eigenvalue weighted by Gasteiger charge is -2.34. The van der Waals surface area contributed by atoms with Crippen LogP contribution in [0, 0.1) is 5.92 Å². The normalized spacial score (nSPS) is 18.6. The summed E-state index contributed by atoms with van der Waals surface area (Å²) in [4.78, 5) is 14.1. The highest BCUT2D eigenvalue weighted by atomic mass is 16.6. The van der Waals surface area contributed by atoms with Gasteiger partial charge in [0.25, 0.3) is 0 Å². The maximum absolute atomic E-state index is 11.8. The van der Waals surface area contributed by atoms with Gasteiger partial charge in [0, 0.05) is 6.54 Å². The van der Waals surface area contributed by atoms with Gasteiger partial charge >= 0.3 is 5.97 Å². The van der Waals surface area contributed by atoms with Gasteiger partial charge in [0.1, 0.15) is 5.60 Å². The van der Waals surface area contributed by atoms with E-state index in [1.165, 1.54) is 0 Å². The van der Waals surface area contributed by atoms with Gasteiger partial charge in [0.2, 0.25) is 0 Å². The molecule has 1 aliphatic rings. The molecule has 4 heteroatoms. The molecule has 1 aromatic rings. The molecule has 0 bridgehead atoms. The van der Waals surface area contributed by atoms with E-state index in [-0.39, 0.29) is 12.1 Å². The summed E-state index contributed by atoms with van der Waals surface area (Å²) < 4.78 is 5.34. The van der Waals surface area contributed by atoms with Crippen molar-refractivity contribution in [3.63, 3.8) is 0 Å². The van der Waals surface area contributed by atoms with Crippen molar-refractivity contribution in [2.24, 2.45) is 5.92 Å². The van der Waals surface area contributed by atoms with Gasteiger partial charge in [0.05, 0.1) is 12.5 Å². The Labute approximate surface area is 139 Å². The largest absolute Gasteiger partial charge is 0.460 e. The van der Waals surface area contributed by atoms with Crippen molar-refractivity contribution in [2.75, 3.05) is 19.6 Å². The van der Waals surface area contributed by atoms with Crippen LogP contribution in [0.15, 0.2) is 30.3 Å². The van der Waals surface area contributed by atoms with Crippen LogP contribution in [-0.2, 0) is 9.53 Å². The number of nitrogens with zero attached hydrogens (tertiary/aromatic N) is 1. The number of piperidine rings is 1. The lowest BCUT2D eigenvalue weighted by atomic mass is 9.87. The molecule has 0 saturated carbocycles. The smallest absolute Gasteiger partial charge is 0.307 e. The Hall–Kier alpha value is -1.39. The fourth-order valence-corrected chi connectivity index (χ4v) is 3.06. The predicted molar refractivity (Wildman–Crippen MR) is 91.0 cm³/mol. The summed E-state index contributed by atoms with van der Waals surface area (Å²) in [6, 6.07) is 9.87. The number of aliphatic hydroxyl groups excluding tert-OH is 1. The second kappa shape index (κ2) is 7.93. The minimum atomic E-state index is -0.413. The van der Waals surface area contributed by atoms with Gasteiger partial charge in [-0.15, -0.1) is 0 Å². The van der Waals surface area contributed by atoms with Gasteiger partial charge in [-0.1, -0.05) is 30.3 Å². The maximum Gasteiger partial charge on any atom is 0.307 e. The first-order valence-electron chi connectivity index (χ1n) is 8.52. The number of aliphatic hydroxyl groups is 1. The van der Waals surface area contributed by atoms with Crippen LogP contribution in [0.1, 0.15) is 51.7 Å². The van der Waals surface area contributed by atoms with E-state index < -0.39 is 5.60 Å². The summed E-state index contributed by atoms with van der Waals surface area (Å²) in [7, 11) is 0. The van der Waals surface area contributed by atoms with Crippen molar-refractivity contribution in [2.45, 2.75) is 51.7 Å².